The van der Waals surface area contributed by atoms with E-state index in [4.69, 9.17) is 5.73 Å². The summed E-state index contributed by atoms with van der Waals surface area (Å²) in [5, 5.41) is 3.11. The fourth-order valence-corrected chi connectivity index (χ4v) is 2.25. The zero-order valence-electron chi connectivity index (χ0n) is 13.5. The summed E-state index contributed by atoms with van der Waals surface area (Å²) in [6.45, 7) is 9.31. The van der Waals surface area contributed by atoms with Crippen molar-refractivity contribution in [2.75, 3.05) is 6.54 Å². The molecule has 0 aromatic heterocycles. The Labute approximate surface area is 129 Å². The molecule has 0 spiro atoms. The molecule has 0 radical (unpaired) electrons. The van der Waals surface area contributed by atoms with Crippen LogP contribution in [0.2, 0.25) is 19.6 Å². The molecule has 0 saturated heterocycles. The van der Waals surface area contributed by atoms with Crippen LogP contribution in [0.5, 0.6) is 0 Å². The van der Waals surface area contributed by atoms with E-state index in [9.17, 15) is 4.79 Å². The highest BCUT2D eigenvalue weighted by Gasteiger charge is 2.07. The van der Waals surface area contributed by atoms with Crippen molar-refractivity contribution < 1.29 is 4.79 Å². The Morgan fingerprint density at radius 2 is 1.90 bits per heavy atom. The first-order chi connectivity index (χ1) is 9.78. The number of nitrogens with two attached hydrogens (primary N) is 1. The summed E-state index contributed by atoms with van der Waals surface area (Å²) in [6.07, 6.45) is 1.97. The first kappa shape index (κ1) is 17.5. The van der Waals surface area contributed by atoms with Crippen LogP contribution in [0.3, 0.4) is 0 Å². The summed E-state index contributed by atoms with van der Waals surface area (Å²) in [5.41, 5.74) is 10.9. The predicted octanol–water partition coefficient (Wildman–Crippen LogP) is 2.31. The summed E-state index contributed by atoms with van der Waals surface area (Å²) in [6, 6.07) is 8.17. The third-order valence-electron chi connectivity index (χ3n) is 3.06. The van der Waals surface area contributed by atoms with Gasteiger partial charge in [-0.3, -0.25) is 4.79 Å². The van der Waals surface area contributed by atoms with Gasteiger partial charge in [-0.2, -0.15) is 0 Å². The molecule has 0 aliphatic heterocycles. The lowest BCUT2D eigenvalue weighted by atomic mass is 10.1. The number of carbonyl (C=O) groups is 1. The second-order valence-electron chi connectivity index (χ2n) is 6.38. The highest BCUT2D eigenvalue weighted by atomic mass is 28.3. The van der Waals surface area contributed by atoms with E-state index in [1.807, 2.05) is 0 Å². The lowest BCUT2D eigenvalue weighted by molar-refractivity contribution is -0.119. The van der Waals surface area contributed by atoms with E-state index in [0.29, 0.717) is 0 Å². The molecule has 1 rings (SSSR count). The smallest absolute Gasteiger partial charge is 0.234 e. The molecule has 1 aromatic carbocycles. The monoisotopic (exact) mass is 302 g/mol. The lowest BCUT2D eigenvalue weighted by Crippen LogP contribution is -2.39. The molecular formula is C17H26N2OSi. The molecule has 0 heterocycles. The second kappa shape index (κ2) is 8.01. The summed E-state index contributed by atoms with van der Waals surface area (Å²) in [4.78, 5) is 10.9. The Morgan fingerprint density at radius 1 is 1.29 bits per heavy atom. The van der Waals surface area contributed by atoms with E-state index in [0.717, 1.165) is 24.9 Å². The number of benzene rings is 1. The summed E-state index contributed by atoms with van der Waals surface area (Å²) < 4.78 is 0. The zero-order valence-corrected chi connectivity index (χ0v) is 14.5. The lowest BCUT2D eigenvalue weighted by Gasteiger charge is -2.09. The summed E-state index contributed by atoms with van der Waals surface area (Å²) in [5.74, 6) is 2.95. The van der Waals surface area contributed by atoms with Crippen molar-refractivity contribution in [2.45, 2.75) is 45.4 Å². The van der Waals surface area contributed by atoms with Gasteiger partial charge in [0.2, 0.25) is 5.91 Å². The molecule has 1 amide bonds. The SMILES string of the molecule is CC(NCCCc1ccc(C#C[Si](C)(C)C)cc1)C(N)=O. The average molecular weight is 302 g/mol. The topological polar surface area (TPSA) is 55.1 Å². The van der Waals surface area contributed by atoms with Gasteiger partial charge in [0.25, 0.3) is 0 Å². The van der Waals surface area contributed by atoms with E-state index in [-0.39, 0.29) is 11.9 Å². The van der Waals surface area contributed by atoms with Crippen molar-refractivity contribution in [1.29, 1.82) is 0 Å². The van der Waals surface area contributed by atoms with Crippen molar-refractivity contribution in [1.82, 2.24) is 5.32 Å². The maximum absolute atomic E-state index is 10.9. The third kappa shape index (κ3) is 7.69. The molecular weight excluding hydrogens is 276 g/mol. The fourth-order valence-electron chi connectivity index (χ4n) is 1.73. The van der Waals surface area contributed by atoms with Gasteiger partial charge in [-0.15, -0.1) is 5.54 Å². The number of nitrogens with one attached hydrogen (secondary N) is 1. The van der Waals surface area contributed by atoms with Crippen LogP contribution in [0.4, 0.5) is 0 Å². The molecule has 1 atom stereocenters. The fraction of sp³-hybridized carbons (Fsp3) is 0.471. The molecule has 4 heteroatoms. The largest absolute Gasteiger partial charge is 0.368 e. The first-order valence-electron chi connectivity index (χ1n) is 7.43. The molecule has 3 nitrogen and oxygen atoms in total. The van der Waals surface area contributed by atoms with Crippen molar-refractivity contribution in [3.8, 4) is 11.5 Å². The van der Waals surface area contributed by atoms with Crippen LogP contribution in [0, 0.1) is 11.5 Å². The van der Waals surface area contributed by atoms with Crippen molar-refractivity contribution >= 4 is 14.0 Å². The molecule has 0 saturated carbocycles. The highest BCUT2D eigenvalue weighted by Crippen LogP contribution is 2.06. The number of carbonyl (C=O) groups excluding carboxylic acids is 1. The molecule has 0 aliphatic carbocycles. The number of hydrogen-bond acceptors (Lipinski definition) is 2. The van der Waals surface area contributed by atoms with Gasteiger partial charge in [-0.1, -0.05) is 37.7 Å². The minimum atomic E-state index is -1.31. The molecule has 0 fully saturated rings. The molecule has 21 heavy (non-hydrogen) atoms. The Bertz CT molecular complexity index is 520. The summed E-state index contributed by atoms with van der Waals surface area (Å²) in [7, 11) is -1.31. The number of amides is 1. The van der Waals surface area contributed by atoms with Gasteiger partial charge in [0.1, 0.15) is 8.07 Å². The van der Waals surface area contributed by atoms with Crippen molar-refractivity contribution in [3.63, 3.8) is 0 Å². The highest BCUT2D eigenvalue weighted by molar-refractivity contribution is 6.83. The molecule has 3 N–H and O–H groups in total. The Balaban J connectivity index is 2.41. The first-order valence-corrected chi connectivity index (χ1v) is 10.9. The van der Waals surface area contributed by atoms with Crippen LogP contribution in [0.1, 0.15) is 24.5 Å². The standard InChI is InChI=1S/C17H26N2OSi/c1-14(17(18)20)19-12-5-6-15-7-9-16(10-8-15)11-13-21(2,3)4/h7-10,14,19H,5-6,12H2,1-4H3,(H2,18,20). The normalized spacial score (nSPS) is 12.4. The molecule has 1 aromatic rings. The minimum Gasteiger partial charge on any atom is -0.368 e. The van der Waals surface area contributed by atoms with Gasteiger partial charge in [0.15, 0.2) is 0 Å². The van der Waals surface area contributed by atoms with Crippen LogP contribution >= 0.6 is 0 Å². The molecule has 0 bridgehead atoms. The van der Waals surface area contributed by atoms with Crippen LogP contribution < -0.4 is 11.1 Å². The maximum Gasteiger partial charge on any atom is 0.234 e. The van der Waals surface area contributed by atoms with Gasteiger partial charge >= 0.3 is 0 Å². The second-order valence-corrected chi connectivity index (χ2v) is 11.1. The quantitative estimate of drug-likeness (QED) is 0.481. The molecule has 1 unspecified atom stereocenters. The number of hydrogen-bond donors (Lipinski definition) is 2. The average Bonchev–Trinajstić information content (AvgIpc) is 2.41. The van der Waals surface area contributed by atoms with Gasteiger partial charge in [-0.25, -0.2) is 0 Å². The van der Waals surface area contributed by atoms with Gasteiger partial charge in [0, 0.05) is 5.56 Å². The summed E-state index contributed by atoms with van der Waals surface area (Å²) >= 11 is 0. The van der Waals surface area contributed by atoms with Crippen LogP contribution in [-0.2, 0) is 11.2 Å². The van der Waals surface area contributed by atoms with E-state index >= 15 is 0 Å². The van der Waals surface area contributed by atoms with Crippen molar-refractivity contribution in [3.05, 3.63) is 35.4 Å². The van der Waals surface area contributed by atoms with Gasteiger partial charge in [0.05, 0.1) is 6.04 Å². The Morgan fingerprint density at radius 3 is 2.43 bits per heavy atom. The molecule has 0 aliphatic rings. The maximum atomic E-state index is 10.9. The van der Waals surface area contributed by atoms with Crippen LogP contribution in [0.15, 0.2) is 24.3 Å². The van der Waals surface area contributed by atoms with Crippen LogP contribution in [0.25, 0.3) is 0 Å². The van der Waals surface area contributed by atoms with E-state index < -0.39 is 8.07 Å². The number of primary amides is 1. The molecule has 114 valence electrons. The van der Waals surface area contributed by atoms with Gasteiger partial charge < -0.3 is 11.1 Å². The van der Waals surface area contributed by atoms with E-state index in [1.165, 1.54) is 5.56 Å². The Hall–Kier alpha value is -1.57. The third-order valence-corrected chi connectivity index (χ3v) is 3.93. The van der Waals surface area contributed by atoms with Crippen molar-refractivity contribution in [2.24, 2.45) is 5.73 Å². The predicted molar refractivity (Wildman–Crippen MR) is 91.6 cm³/mol. The minimum absolute atomic E-state index is 0.260. The van der Waals surface area contributed by atoms with E-state index in [2.05, 4.69) is 60.7 Å². The Kier molecular flexibility index (Phi) is 6.67. The zero-order chi connectivity index (χ0) is 15.9. The van der Waals surface area contributed by atoms with Crippen LogP contribution in [-0.4, -0.2) is 26.6 Å². The number of rotatable bonds is 6. The number of aryl methyl sites for hydroxylation is 1. The van der Waals surface area contributed by atoms with E-state index in [1.54, 1.807) is 6.92 Å². The van der Waals surface area contributed by atoms with Gasteiger partial charge in [-0.05, 0) is 44.0 Å².